The molecule has 1 saturated carbocycles. The highest BCUT2D eigenvalue weighted by Gasteiger charge is 2.22. The molecule has 0 spiro atoms. The zero-order valence-corrected chi connectivity index (χ0v) is 17.2. The molecular formula is C20H28N2O6S. The molecule has 1 atom stereocenters. The lowest BCUT2D eigenvalue weighted by Crippen LogP contribution is -2.38. The van der Waals surface area contributed by atoms with Crippen molar-refractivity contribution in [1.82, 2.24) is 10.0 Å². The highest BCUT2D eigenvalue weighted by Crippen LogP contribution is 2.17. The molecule has 1 saturated heterocycles. The molecular weight excluding hydrogens is 396 g/mol. The number of carbonyl (C=O) groups is 2. The average Bonchev–Trinajstić information content (AvgIpc) is 3.25. The number of ether oxygens (including phenoxy) is 2. The predicted octanol–water partition coefficient (Wildman–Crippen LogP) is 1.75. The molecule has 2 N–H and O–H groups in total. The summed E-state index contributed by atoms with van der Waals surface area (Å²) in [4.78, 5) is 24.2. The number of esters is 1. The Balaban J connectivity index is 1.52. The number of benzene rings is 1. The van der Waals surface area contributed by atoms with E-state index in [-0.39, 0.29) is 41.7 Å². The molecule has 1 heterocycles. The summed E-state index contributed by atoms with van der Waals surface area (Å²) in [6.45, 7) is 0.448. The number of sulfonamides is 1. The van der Waals surface area contributed by atoms with Gasteiger partial charge in [-0.05, 0) is 43.9 Å². The van der Waals surface area contributed by atoms with E-state index >= 15 is 0 Å². The molecule has 1 amide bonds. The molecule has 0 aromatic heterocycles. The van der Waals surface area contributed by atoms with E-state index in [9.17, 15) is 18.0 Å². The van der Waals surface area contributed by atoms with Gasteiger partial charge in [-0.2, -0.15) is 0 Å². The maximum absolute atomic E-state index is 12.5. The topological polar surface area (TPSA) is 111 Å². The fourth-order valence-electron chi connectivity index (χ4n) is 3.61. The van der Waals surface area contributed by atoms with Crippen LogP contribution in [0, 0.1) is 0 Å². The molecule has 1 aliphatic heterocycles. The Morgan fingerprint density at radius 2 is 1.90 bits per heavy atom. The van der Waals surface area contributed by atoms with Crippen molar-refractivity contribution in [2.75, 3.05) is 19.8 Å². The summed E-state index contributed by atoms with van der Waals surface area (Å²) in [6, 6.07) is 5.72. The minimum Gasteiger partial charge on any atom is -0.452 e. The van der Waals surface area contributed by atoms with Gasteiger partial charge in [0.15, 0.2) is 6.61 Å². The van der Waals surface area contributed by atoms with Crippen LogP contribution < -0.4 is 10.0 Å². The Labute approximate surface area is 171 Å². The summed E-state index contributed by atoms with van der Waals surface area (Å²) in [5, 5.41) is 2.87. The molecule has 29 heavy (non-hydrogen) atoms. The van der Waals surface area contributed by atoms with E-state index in [4.69, 9.17) is 9.47 Å². The van der Waals surface area contributed by atoms with E-state index in [0.717, 1.165) is 38.5 Å². The fraction of sp³-hybridized carbons (Fsp3) is 0.600. The minimum atomic E-state index is -3.77. The summed E-state index contributed by atoms with van der Waals surface area (Å²) < 4.78 is 37.9. The average molecular weight is 425 g/mol. The van der Waals surface area contributed by atoms with Gasteiger partial charge in [0, 0.05) is 19.2 Å². The van der Waals surface area contributed by atoms with Crippen molar-refractivity contribution in [2.24, 2.45) is 0 Å². The van der Waals surface area contributed by atoms with Gasteiger partial charge in [0.25, 0.3) is 5.91 Å². The normalized spacial score (nSPS) is 20.3. The van der Waals surface area contributed by atoms with Gasteiger partial charge < -0.3 is 14.8 Å². The first-order valence-electron chi connectivity index (χ1n) is 10.1. The molecule has 9 heteroatoms. The predicted molar refractivity (Wildman–Crippen MR) is 106 cm³/mol. The van der Waals surface area contributed by atoms with Crippen LogP contribution in [0.2, 0.25) is 0 Å². The Bertz CT molecular complexity index is 814. The quantitative estimate of drug-likeness (QED) is 0.615. The number of rotatable bonds is 8. The number of nitrogens with one attached hydrogen (secondary N) is 2. The third-order valence-corrected chi connectivity index (χ3v) is 6.63. The van der Waals surface area contributed by atoms with Crippen molar-refractivity contribution < 1.29 is 27.5 Å². The molecule has 8 nitrogen and oxygen atoms in total. The molecule has 0 bridgehead atoms. The molecule has 1 aliphatic carbocycles. The molecule has 2 aliphatic rings. The first-order valence-corrected chi connectivity index (χ1v) is 11.6. The van der Waals surface area contributed by atoms with Crippen LogP contribution in [0.4, 0.5) is 0 Å². The SMILES string of the molecule is O=C(COC(=O)c1cccc(S(=O)(=O)NC[C@@H]2CCCO2)c1)NC1CCCCC1. The van der Waals surface area contributed by atoms with E-state index in [1.54, 1.807) is 0 Å². The minimum absolute atomic E-state index is 0.0309. The highest BCUT2D eigenvalue weighted by molar-refractivity contribution is 7.89. The Morgan fingerprint density at radius 1 is 1.10 bits per heavy atom. The third-order valence-electron chi connectivity index (χ3n) is 5.21. The van der Waals surface area contributed by atoms with E-state index in [2.05, 4.69) is 10.0 Å². The van der Waals surface area contributed by atoms with Crippen LogP contribution in [0.25, 0.3) is 0 Å². The van der Waals surface area contributed by atoms with Gasteiger partial charge >= 0.3 is 5.97 Å². The molecule has 0 unspecified atom stereocenters. The monoisotopic (exact) mass is 424 g/mol. The number of hydrogen-bond acceptors (Lipinski definition) is 6. The van der Waals surface area contributed by atoms with Crippen LogP contribution >= 0.6 is 0 Å². The molecule has 160 valence electrons. The van der Waals surface area contributed by atoms with Crippen molar-refractivity contribution >= 4 is 21.9 Å². The lowest BCUT2D eigenvalue weighted by atomic mass is 9.95. The van der Waals surface area contributed by atoms with Crippen LogP contribution in [0.5, 0.6) is 0 Å². The molecule has 1 aromatic carbocycles. The van der Waals surface area contributed by atoms with Crippen LogP contribution in [0.15, 0.2) is 29.2 Å². The van der Waals surface area contributed by atoms with Gasteiger partial charge in [0.2, 0.25) is 10.0 Å². The highest BCUT2D eigenvalue weighted by atomic mass is 32.2. The van der Waals surface area contributed by atoms with Gasteiger partial charge in [-0.1, -0.05) is 25.3 Å². The molecule has 0 radical (unpaired) electrons. The van der Waals surface area contributed by atoms with E-state index in [1.165, 1.54) is 30.7 Å². The number of amides is 1. The summed E-state index contributed by atoms with van der Waals surface area (Å²) in [5.74, 6) is -1.08. The lowest BCUT2D eigenvalue weighted by molar-refractivity contribution is -0.125. The van der Waals surface area contributed by atoms with Crippen molar-refractivity contribution in [3.05, 3.63) is 29.8 Å². The Hall–Kier alpha value is -1.97. The largest absolute Gasteiger partial charge is 0.452 e. The van der Waals surface area contributed by atoms with E-state index in [0.29, 0.717) is 6.61 Å². The van der Waals surface area contributed by atoms with Gasteiger partial charge in [0.1, 0.15) is 0 Å². The van der Waals surface area contributed by atoms with E-state index in [1.807, 2.05) is 0 Å². The Morgan fingerprint density at radius 3 is 2.62 bits per heavy atom. The van der Waals surface area contributed by atoms with E-state index < -0.39 is 16.0 Å². The fourth-order valence-corrected chi connectivity index (χ4v) is 4.72. The van der Waals surface area contributed by atoms with Gasteiger partial charge in [-0.25, -0.2) is 17.9 Å². The standard InChI is InChI=1S/C20H28N2O6S/c23-19(22-16-7-2-1-3-8-16)14-28-20(24)15-6-4-10-18(12-15)29(25,26)21-13-17-9-5-11-27-17/h4,6,10,12,16-17,21H,1-3,5,7-9,11,13-14H2,(H,22,23)/t17-/m0/s1. The lowest BCUT2D eigenvalue weighted by Gasteiger charge is -2.22. The molecule has 1 aromatic rings. The van der Waals surface area contributed by atoms with Crippen LogP contribution in [0.1, 0.15) is 55.3 Å². The van der Waals surface area contributed by atoms with Crippen molar-refractivity contribution in [1.29, 1.82) is 0 Å². The van der Waals surface area contributed by atoms with Crippen LogP contribution in [0.3, 0.4) is 0 Å². The zero-order chi connectivity index (χ0) is 20.7. The Kier molecular flexibility index (Phi) is 7.63. The zero-order valence-electron chi connectivity index (χ0n) is 16.4. The summed E-state index contributed by atoms with van der Waals surface area (Å²) in [7, 11) is -3.77. The second-order valence-electron chi connectivity index (χ2n) is 7.49. The molecule has 3 rings (SSSR count). The second kappa shape index (κ2) is 10.2. The maximum atomic E-state index is 12.5. The summed E-state index contributed by atoms with van der Waals surface area (Å²) in [6.07, 6.45) is 6.86. The second-order valence-corrected chi connectivity index (χ2v) is 9.26. The van der Waals surface area contributed by atoms with Gasteiger partial charge in [-0.15, -0.1) is 0 Å². The van der Waals surface area contributed by atoms with Crippen LogP contribution in [-0.2, 0) is 24.3 Å². The van der Waals surface area contributed by atoms with Crippen LogP contribution in [-0.4, -0.2) is 52.2 Å². The van der Waals surface area contributed by atoms with Crippen molar-refractivity contribution in [3.8, 4) is 0 Å². The van der Waals surface area contributed by atoms with Crippen molar-refractivity contribution in [2.45, 2.75) is 62.0 Å². The summed E-state index contributed by atoms with van der Waals surface area (Å²) >= 11 is 0. The summed E-state index contributed by atoms with van der Waals surface area (Å²) in [5.41, 5.74) is 0.0791. The smallest absolute Gasteiger partial charge is 0.338 e. The maximum Gasteiger partial charge on any atom is 0.338 e. The number of carbonyl (C=O) groups excluding carboxylic acids is 2. The first-order chi connectivity index (χ1) is 13.9. The van der Waals surface area contributed by atoms with Crippen molar-refractivity contribution in [3.63, 3.8) is 0 Å². The van der Waals surface area contributed by atoms with Gasteiger partial charge in [0.05, 0.1) is 16.6 Å². The molecule has 2 fully saturated rings. The third kappa shape index (κ3) is 6.52. The van der Waals surface area contributed by atoms with Gasteiger partial charge in [-0.3, -0.25) is 4.79 Å². The first kappa shape index (κ1) is 21.7. The number of hydrogen-bond donors (Lipinski definition) is 2.